The van der Waals surface area contributed by atoms with E-state index in [4.69, 9.17) is 10.2 Å². The van der Waals surface area contributed by atoms with Gasteiger partial charge in [-0.25, -0.2) is 0 Å². The molecule has 0 aliphatic heterocycles. The zero-order chi connectivity index (χ0) is 17.2. The lowest BCUT2D eigenvalue weighted by molar-refractivity contribution is -0.121. The van der Waals surface area contributed by atoms with Crippen LogP contribution >= 0.6 is 12.4 Å². The maximum atomic E-state index is 12.3. The molecule has 0 saturated heterocycles. The smallest absolute Gasteiger partial charge is 0.291 e. The van der Waals surface area contributed by atoms with Gasteiger partial charge in [-0.1, -0.05) is 12.8 Å². The van der Waals surface area contributed by atoms with Gasteiger partial charge in [-0.2, -0.15) is 0 Å². The Morgan fingerprint density at radius 1 is 1.16 bits per heavy atom. The van der Waals surface area contributed by atoms with Gasteiger partial charge >= 0.3 is 0 Å². The summed E-state index contributed by atoms with van der Waals surface area (Å²) in [5.74, 6) is -0.211. The number of carbonyl (C=O) groups excluding carboxylic acids is 2. The summed E-state index contributed by atoms with van der Waals surface area (Å²) >= 11 is 0. The van der Waals surface area contributed by atoms with E-state index in [1.54, 1.807) is 24.3 Å². The summed E-state index contributed by atoms with van der Waals surface area (Å²) in [5, 5.41) is 5.66. The Bertz CT molecular complexity index is 753. The molecule has 1 aromatic carbocycles. The Balaban J connectivity index is 0.00000225. The van der Waals surface area contributed by atoms with Crippen LogP contribution < -0.4 is 16.4 Å². The predicted molar refractivity (Wildman–Crippen MR) is 99.1 cm³/mol. The summed E-state index contributed by atoms with van der Waals surface area (Å²) in [5.41, 5.74) is 7.57. The van der Waals surface area contributed by atoms with Crippen molar-refractivity contribution >= 4 is 35.6 Å². The number of hydrogen-bond acceptors (Lipinski definition) is 4. The monoisotopic (exact) mass is 363 g/mol. The number of rotatable bonds is 4. The molecule has 6 nitrogen and oxygen atoms in total. The van der Waals surface area contributed by atoms with Crippen LogP contribution in [0.4, 0.5) is 11.4 Å². The number of nitrogens with two attached hydrogens (primary N) is 1. The highest BCUT2D eigenvalue weighted by Gasteiger charge is 2.36. The van der Waals surface area contributed by atoms with Gasteiger partial charge in [0.15, 0.2) is 5.76 Å². The average Bonchev–Trinajstić information content (AvgIpc) is 3.22. The molecule has 1 heterocycles. The molecule has 2 amide bonds. The number of amides is 2. The fourth-order valence-corrected chi connectivity index (χ4v) is 2.96. The predicted octanol–water partition coefficient (Wildman–Crippen LogP) is 3.47. The maximum Gasteiger partial charge on any atom is 0.291 e. The van der Waals surface area contributed by atoms with E-state index in [1.807, 2.05) is 13.0 Å². The largest absolute Gasteiger partial charge is 0.459 e. The SMILES string of the molecule is Cc1cc(NC(=O)C2(N)CCCC2)ccc1NC(=O)c1ccco1.Cl. The second kappa shape index (κ2) is 7.72. The normalized spacial score (nSPS) is 15.3. The number of nitrogens with one attached hydrogen (secondary N) is 2. The van der Waals surface area contributed by atoms with E-state index in [2.05, 4.69) is 10.6 Å². The first kappa shape index (κ1) is 19.0. The van der Waals surface area contributed by atoms with Crippen molar-refractivity contribution in [2.45, 2.75) is 38.1 Å². The van der Waals surface area contributed by atoms with E-state index in [0.717, 1.165) is 31.2 Å². The first-order valence-corrected chi connectivity index (χ1v) is 8.04. The van der Waals surface area contributed by atoms with Crippen LogP contribution in [0.3, 0.4) is 0 Å². The van der Waals surface area contributed by atoms with Gasteiger partial charge in [-0.3, -0.25) is 9.59 Å². The number of hydrogen-bond donors (Lipinski definition) is 3. The van der Waals surface area contributed by atoms with E-state index in [9.17, 15) is 9.59 Å². The van der Waals surface area contributed by atoms with Crippen molar-refractivity contribution in [1.29, 1.82) is 0 Å². The van der Waals surface area contributed by atoms with Crippen molar-refractivity contribution in [3.63, 3.8) is 0 Å². The van der Waals surface area contributed by atoms with Crippen LogP contribution in [0, 0.1) is 6.92 Å². The number of benzene rings is 1. The third-order valence-electron chi connectivity index (χ3n) is 4.43. The zero-order valence-corrected chi connectivity index (χ0v) is 14.8. The Hall–Kier alpha value is -2.31. The number of halogens is 1. The Morgan fingerprint density at radius 2 is 1.88 bits per heavy atom. The highest BCUT2D eigenvalue weighted by Crippen LogP contribution is 2.29. The standard InChI is InChI=1S/C18H21N3O3.ClH/c1-12-11-13(20-17(23)18(19)8-2-3-9-18)6-7-14(12)21-16(22)15-5-4-10-24-15;/h4-7,10-11H,2-3,8-9,19H2,1H3,(H,20,23)(H,21,22);1H. The molecule has 4 N–H and O–H groups in total. The van der Waals surface area contributed by atoms with E-state index >= 15 is 0 Å². The van der Waals surface area contributed by atoms with Crippen molar-refractivity contribution in [3.05, 3.63) is 47.9 Å². The molecule has 7 heteroatoms. The number of aryl methyl sites for hydroxylation is 1. The average molecular weight is 364 g/mol. The molecule has 0 unspecified atom stereocenters. The molecule has 2 aromatic rings. The van der Waals surface area contributed by atoms with Gasteiger partial charge in [-0.05, 0) is 55.7 Å². The molecule has 1 aromatic heterocycles. The highest BCUT2D eigenvalue weighted by molar-refractivity contribution is 6.03. The second-order valence-electron chi connectivity index (χ2n) is 6.28. The molecule has 134 valence electrons. The molecule has 0 atom stereocenters. The van der Waals surface area contributed by atoms with Gasteiger partial charge in [-0.15, -0.1) is 12.4 Å². The zero-order valence-electron chi connectivity index (χ0n) is 14.0. The summed E-state index contributed by atoms with van der Waals surface area (Å²) in [6.07, 6.45) is 4.86. The molecule has 1 aliphatic rings. The van der Waals surface area contributed by atoms with Crippen molar-refractivity contribution in [2.75, 3.05) is 10.6 Å². The lowest BCUT2D eigenvalue weighted by Gasteiger charge is -2.22. The molecular weight excluding hydrogens is 342 g/mol. The number of anilines is 2. The molecule has 1 saturated carbocycles. The highest BCUT2D eigenvalue weighted by atomic mass is 35.5. The fraction of sp³-hybridized carbons (Fsp3) is 0.333. The van der Waals surface area contributed by atoms with Gasteiger partial charge in [0.25, 0.3) is 5.91 Å². The van der Waals surface area contributed by atoms with Crippen molar-refractivity contribution < 1.29 is 14.0 Å². The molecular formula is C18H22ClN3O3. The number of furan rings is 1. The molecule has 25 heavy (non-hydrogen) atoms. The van der Waals surface area contributed by atoms with Gasteiger partial charge < -0.3 is 20.8 Å². The van der Waals surface area contributed by atoms with Crippen LogP contribution in [0.5, 0.6) is 0 Å². The van der Waals surface area contributed by atoms with Gasteiger partial charge in [0.05, 0.1) is 11.8 Å². The van der Waals surface area contributed by atoms with Crippen LogP contribution in [0.1, 0.15) is 41.8 Å². The van der Waals surface area contributed by atoms with Gasteiger partial charge in [0.1, 0.15) is 0 Å². The van der Waals surface area contributed by atoms with Crippen molar-refractivity contribution in [3.8, 4) is 0 Å². The minimum atomic E-state index is -0.764. The van der Waals surface area contributed by atoms with Crippen molar-refractivity contribution in [1.82, 2.24) is 0 Å². The Labute approximate surface area is 152 Å². The fourth-order valence-electron chi connectivity index (χ4n) is 2.96. The second-order valence-corrected chi connectivity index (χ2v) is 6.28. The maximum absolute atomic E-state index is 12.3. The quantitative estimate of drug-likeness (QED) is 0.774. The van der Waals surface area contributed by atoms with Crippen molar-refractivity contribution in [2.24, 2.45) is 5.73 Å². The Morgan fingerprint density at radius 3 is 2.48 bits per heavy atom. The van der Waals surface area contributed by atoms with Crippen LogP contribution in [0.2, 0.25) is 0 Å². The summed E-state index contributed by atoms with van der Waals surface area (Å²) < 4.78 is 5.07. The molecule has 0 radical (unpaired) electrons. The summed E-state index contributed by atoms with van der Waals surface area (Å²) in [6.45, 7) is 1.86. The van der Waals surface area contributed by atoms with Gasteiger partial charge in [0, 0.05) is 11.4 Å². The molecule has 0 bridgehead atoms. The van der Waals surface area contributed by atoms with E-state index in [1.165, 1.54) is 6.26 Å². The molecule has 3 rings (SSSR count). The molecule has 1 aliphatic carbocycles. The molecule has 1 fully saturated rings. The number of carbonyl (C=O) groups is 2. The topological polar surface area (TPSA) is 97.4 Å². The lowest BCUT2D eigenvalue weighted by Crippen LogP contribution is -2.48. The minimum absolute atomic E-state index is 0. The van der Waals surface area contributed by atoms with Gasteiger partial charge in [0.2, 0.25) is 5.91 Å². The van der Waals surface area contributed by atoms with E-state index in [0.29, 0.717) is 11.4 Å². The van der Waals surface area contributed by atoms with Crippen LogP contribution in [-0.4, -0.2) is 17.4 Å². The third-order valence-corrected chi connectivity index (χ3v) is 4.43. The summed E-state index contributed by atoms with van der Waals surface area (Å²) in [6, 6.07) is 8.58. The van der Waals surface area contributed by atoms with E-state index < -0.39 is 5.54 Å². The lowest BCUT2D eigenvalue weighted by atomic mass is 9.98. The van der Waals surface area contributed by atoms with Crippen LogP contribution in [0.15, 0.2) is 41.0 Å². The Kier molecular flexibility index (Phi) is 5.87. The van der Waals surface area contributed by atoms with Crippen LogP contribution in [0.25, 0.3) is 0 Å². The first-order chi connectivity index (χ1) is 11.5. The third kappa shape index (κ3) is 4.21. The summed E-state index contributed by atoms with van der Waals surface area (Å²) in [7, 11) is 0. The molecule has 0 spiro atoms. The summed E-state index contributed by atoms with van der Waals surface area (Å²) in [4.78, 5) is 24.4. The van der Waals surface area contributed by atoms with E-state index in [-0.39, 0.29) is 30.0 Å². The van der Waals surface area contributed by atoms with Crippen LogP contribution in [-0.2, 0) is 4.79 Å². The minimum Gasteiger partial charge on any atom is -0.459 e. The first-order valence-electron chi connectivity index (χ1n) is 8.04.